The van der Waals surface area contributed by atoms with Gasteiger partial charge in [-0.05, 0) is 33.6 Å². The Morgan fingerprint density at radius 2 is 2.07 bits per heavy atom. The minimum atomic E-state index is -1.41. The highest BCUT2D eigenvalue weighted by molar-refractivity contribution is 6.46. The molecule has 14 heavy (non-hydrogen) atoms. The van der Waals surface area contributed by atoms with Crippen LogP contribution in [-0.4, -0.2) is 22.2 Å². The summed E-state index contributed by atoms with van der Waals surface area (Å²) in [5.41, 5.74) is -0.595. The Bertz CT molecular complexity index is 267. The fourth-order valence-electron chi connectivity index (χ4n) is 1.40. The van der Waals surface area contributed by atoms with Crippen molar-refractivity contribution in [3.63, 3.8) is 0 Å². The highest BCUT2D eigenvalue weighted by atomic mass is 35.5. The number of Topliss-reactive ketones (excluding diaryl/α,β-unsaturated/α-hetero) is 1. The van der Waals surface area contributed by atoms with E-state index < -0.39 is 16.4 Å². The number of ether oxygens (including phenoxy) is 1. The van der Waals surface area contributed by atoms with E-state index in [0.717, 1.165) is 0 Å². The van der Waals surface area contributed by atoms with E-state index in [9.17, 15) is 9.59 Å². The third-order valence-corrected chi connectivity index (χ3v) is 2.64. The molecule has 0 spiro atoms. The monoisotopic (exact) mass is 218 g/mol. The largest absolute Gasteiger partial charge is 0.458 e. The fraction of sp³-hybridized carbons (Fsp3) is 0.800. The Balaban J connectivity index is 2.74. The zero-order valence-electron chi connectivity index (χ0n) is 8.72. The van der Waals surface area contributed by atoms with Crippen LogP contribution in [0, 0.1) is 0 Å². The molecule has 0 amide bonds. The van der Waals surface area contributed by atoms with Crippen molar-refractivity contribution in [2.24, 2.45) is 0 Å². The van der Waals surface area contributed by atoms with Crippen LogP contribution in [0.4, 0.5) is 0 Å². The van der Waals surface area contributed by atoms with Crippen molar-refractivity contribution in [1.29, 1.82) is 0 Å². The van der Waals surface area contributed by atoms with E-state index in [1.807, 2.05) is 0 Å². The molecule has 80 valence electrons. The summed E-state index contributed by atoms with van der Waals surface area (Å²) in [4.78, 5) is 21.6. The molecule has 0 bridgehead atoms. The minimum absolute atomic E-state index is 0.214. The van der Waals surface area contributed by atoms with Crippen LogP contribution in [0.1, 0.15) is 40.0 Å². The molecular weight excluding hydrogens is 204 g/mol. The normalized spacial score (nSPS) is 27.9. The lowest BCUT2D eigenvalue weighted by atomic mass is 10.1. The predicted octanol–water partition coefficient (Wildman–Crippen LogP) is 2.06. The zero-order valence-corrected chi connectivity index (χ0v) is 9.48. The van der Waals surface area contributed by atoms with Crippen LogP contribution >= 0.6 is 11.6 Å². The van der Waals surface area contributed by atoms with E-state index >= 15 is 0 Å². The molecule has 3 nitrogen and oxygen atoms in total. The average molecular weight is 219 g/mol. The van der Waals surface area contributed by atoms with Crippen LogP contribution in [0.3, 0.4) is 0 Å². The maximum Gasteiger partial charge on any atom is 0.335 e. The van der Waals surface area contributed by atoms with Gasteiger partial charge < -0.3 is 4.74 Å². The van der Waals surface area contributed by atoms with Gasteiger partial charge in [0, 0.05) is 6.42 Å². The van der Waals surface area contributed by atoms with E-state index in [2.05, 4.69) is 0 Å². The molecule has 0 aliphatic heterocycles. The second-order valence-corrected chi connectivity index (χ2v) is 5.23. The number of alkyl halides is 1. The molecule has 4 heteroatoms. The number of hydrogen-bond donors (Lipinski definition) is 0. The zero-order chi connectivity index (χ0) is 11.0. The van der Waals surface area contributed by atoms with Crippen LogP contribution in [0.2, 0.25) is 0 Å². The number of rotatable bonds is 1. The molecular formula is C10H15ClO3. The van der Waals surface area contributed by atoms with Crippen molar-refractivity contribution in [2.45, 2.75) is 50.5 Å². The first-order valence-electron chi connectivity index (χ1n) is 4.71. The minimum Gasteiger partial charge on any atom is -0.458 e. The SMILES string of the molecule is CC(C)(C)OC(=O)[C@@]1(Cl)CCCC1=O. The number of hydrogen-bond acceptors (Lipinski definition) is 3. The first-order chi connectivity index (χ1) is 6.26. The Hall–Kier alpha value is -0.570. The number of halogens is 1. The van der Waals surface area contributed by atoms with Crippen molar-refractivity contribution >= 4 is 23.4 Å². The van der Waals surface area contributed by atoms with E-state index in [1.165, 1.54) is 0 Å². The van der Waals surface area contributed by atoms with Crippen molar-refractivity contribution in [2.75, 3.05) is 0 Å². The van der Waals surface area contributed by atoms with Gasteiger partial charge in [0.05, 0.1) is 0 Å². The molecule has 0 N–H and O–H groups in total. The second-order valence-electron chi connectivity index (χ2n) is 4.58. The third-order valence-electron chi connectivity index (χ3n) is 2.09. The van der Waals surface area contributed by atoms with Crippen LogP contribution in [0.15, 0.2) is 0 Å². The molecule has 0 aromatic heterocycles. The first kappa shape index (κ1) is 11.5. The van der Waals surface area contributed by atoms with E-state index in [4.69, 9.17) is 16.3 Å². The van der Waals surface area contributed by atoms with E-state index in [-0.39, 0.29) is 5.78 Å². The van der Waals surface area contributed by atoms with Crippen molar-refractivity contribution in [3.8, 4) is 0 Å². The van der Waals surface area contributed by atoms with Crippen LogP contribution in [-0.2, 0) is 14.3 Å². The lowest BCUT2D eigenvalue weighted by molar-refractivity contribution is -0.159. The lowest BCUT2D eigenvalue weighted by Crippen LogP contribution is -2.42. The summed E-state index contributed by atoms with van der Waals surface area (Å²) in [6, 6.07) is 0. The van der Waals surface area contributed by atoms with Crippen molar-refractivity contribution in [1.82, 2.24) is 0 Å². The predicted molar refractivity (Wildman–Crippen MR) is 53.3 cm³/mol. The summed E-state index contributed by atoms with van der Waals surface area (Å²) in [6.45, 7) is 5.26. The molecule has 1 fully saturated rings. The molecule has 0 aromatic carbocycles. The van der Waals surface area contributed by atoms with Crippen molar-refractivity contribution in [3.05, 3.63) is 0 Å². The number of carbonyl (C=O) groups excluding carboxylic acids is 2. The van der Waals surface area contributed by atoms with Gasteiger partial charge in [0.15, 0.2) is 10.7 Å². The summed E-state index contributed by atoms with van der Waals surface area (Å²) >= 11 is 5.95. The maximum absolute atomic E-state index is 11.6. The standard InChI is InChI=1S/C10H15ClO3/c1-9(2,3)14-8(13)10(11)6-4-5-7(10)12/h4-6H2,1-3H3/t10-/m1/s1. The number of esters is 1. The molecule has 1 saturated carbocycles. The third kappa shape index (κ3) is 2.27. The average Bonchev–Trinajstić information content (AvgIpc) is 2.30. The van der Waals surface area contributed by atoms with Crippen LogP contribution in [0.25, 0.3) is 0 Å². The topological polar surface area (TPSA) is 43.4 Å². The summed E-state index contributed by atoms with van der Waals surface area (Å²) in [7, 11) is 0. The van der Waals surface area contributed by atoms with Gasteiger partial charge in [-0.2, -0.15) is 0 Å². The molecule has 1 rings (SSSR count). The summed E-state index contributed by atoms with van der Waals surface area (Å²) in [5.74, 6) is -0.817. The molecule has 0 saturated heterocycles. The number of carbonyl (C=O) groups is 2. The smallest absolute Gasteiger partial charge is 0.335 e. The summed E-state index contributed by atoms with van der Waals surface area (Å²) < 4.78 is 5.10. The van der Waals surface area contributed by atoms with Crippen LogP contribution < -0.4 is 0 Å². The molecule has 0 aromatic rings. The Morgan fingerprint density at radius 3 is 2.43 bits per heavy atom. The van der Waals surface area contributed by atoms with Gasteiger partial charge in [-0.1, -0.05) is 11.6 Å². The molecule has 1 aliphatic carbocycles. The Kier molecular flexibility index (Phi) is 2.91. The highest BCUT2D eigenvalue weighted by Crippen LogP contribution is 2.34. The molecule has 0 radical (unpaired) electrons. The fourth-order valence-corrected chi connectivity index (χ4v) is 1.67. The van der Waals surface area contributed by atoms with E-state index in [1.54, 1.807) is 20.8 Å². The van der Waals surface area contributed by atoms with Gasteiger partial charge >= 0.3 is 5.97 Å². The van der Waals surface area contributed by atoms with Gasteiger partial charge in [-0.25, -0.2) is 4.79 Å². The van der Waals surface area contributed by atoms with Crippen LogP contribution in [0.5, 0.6) is 0 Å². The first-order valence-corrected chi connectivity index (χ1v) is 5.09. The van der Waals surface area contributed by atoms with E-state index in [0.29, 0.717) is 19.3 Å². The molecule has 1 aliphatic rings. The quantitative estimate of drug-likeness (QED) is 0.384. The molecule has 1 atom stereocenters. The Labute approximate surface area is 88.8 Å². The molecule has 0 unspecified atom stereocenters. The van der Waals surface area contributed by atoms with Gasteiger partial charge in [-0.15, -0.1) is 0 Å². The van der Waals surface area contributed by atoms with Gasteiger partial charge in [-0.3, -0.25) is 4.79 Å². The lowest BCUT2D eigenvalue weighted by Gasteiger charge is -2.25. The number of ketones is 1. The van der Waals surface area contributed by atoms with Crippen molar-refractivity contribution < 1.29 is 14.3 Å². The molecule has 0 heterocycles. The van der Waals surface area contributed by atoms with Gasteiger partial charge in [0.25, 0.3) is 0 Å². The summed E-state index contributed by atoms with van der Waals surface area (Å²) in [5, 5.41) is 0. The maximum atomic E-state index is 11.6. The Morgan fingerprint density at radius 1 is 1.50 bits per heavy atom. The van der Waals surface area contributed by atoms with Gasteiger partial charge in [0.1, 0.15) is 5.60 Å². The summed E-state index contributed by atoms with van der Waals surface area (Å²) in [6.07, 6.45) is 1.44. The van der Waals surface area contributed by atoms with Gasteiger partial charge in [0.2, 0.25) is 0 Å². The highest BCUT2D eigenvalue weighted by Gasteiger charge is 2.49. The second kappa shape index (κ2) is 3.54.